The topological polar surface area (TPSA) is 50.7 Å². The Hall–Kier alpha value is -1.36. The van der Waals surface area contributed by atoms with Gasteiger partial charge in [-0.05, 0) is 68.2 Å². The lowest BCUT2D eigenvalue weighted by molar-refractivity contribution is -0.127. The Morgan fingerprint density at radius 2 is 1.83 bits per heavy atom. The Morgan fingerprint density at radius 3 is 2.38 bits per heavy atom. The van der Waals surface area contributed by atoms with Crippen LogP contribution in [0.1, 0.15) is 53.4 Å². The van der Waals surface area contributed by atoms with Gasteiger partial charge in [0, 0.05) is 10.2 Å². The van der Waals surface area contributed by atoms with Crippen molar-refractivity contribution < 1.29 is 9.53 Å². The molecule has 0 spiro atoms. The van der Waals surface area contributed by atoms with Gasteiger partial charge in [-0.15, -0.1) is 0 Å². The second-order valence-electron chi connectivity index (χ2n) is 7.51. The molecule has 1 fully saturated rings. The fraction of sp³-hybridized carbons (Fsp3) is 0.579. The molecule has 0 radical (unpaired) electrons. The first-order chi connectivity index (χ1) is 11.3. The molecule has 24 heavy (non-hydrogen) atoms. The van der Waals surface area contributed by atoms with Crippen LogP contribution in [0.2, 0.25) is 0 Å². The third kappa shape index (κ3) is 5.62. The molecule has 0 saturated heterocycles. The summed E-state index contributed by atoms with van der Waals surface area (Å²) in [5.41, 5.74) is 4.08. The average Bonchev–Trinajstić information content (AvgIpc) is 2.54. The molecule has 0 aliphatic heterocycles. The number of carbonyl (C=O) groups is 1. The Bertz CT molecular complexity index is 580. The number of amides is 1. The van der Waals surface area contributed by atoms with Crippen molar-refractivity contribution in [1.29, 1.82) is 0 Å². The van der Waals surface area contributed by atoms with Gasteiger partial charge in [-0.1, -0.05) is 36.7 Å². The van der Waals surface area contributed by atoms with Crippen LogP contribution in [-0.4, -0.2) is 17.7 Å². The predicted molar refractivity (Wildman–Crippen MR) is 101 cm³/mol. The van der Waals surface area contributed by atoms with Gasteiger partial charge in [0.1, 0.15) is 5.75 Å². The van der Waals surface area contributed by atoms with Crippen molar-refractivity contribution in [3.8, 4) is 5.75 Å². The Balaban J connectivity index is 1.81. The third-order valence-corrected chi connectivity index (χ3v) is 5.14. The predicted octanol–water partition coefficient (Wildman–Crippen LogP) is 4.92. The molecule has 1 aliphatic rings. The van der Waals surface area contributed by atoms with E-state index in [0.717, 1.165) is 41.8 Å². The SMILES string of the molecule is C[C@@H](Oc1ccc(Br)cc1)C(=O)NN=C1CCC(C(C)(C)C)CC1. The van der Waals surface area contributed by atoms with Gasteiger partial charge in [0.25, 0.3) is 5.91 Å². The molecule has 1 N–H and O–H groups in total. The molecule has 0 bridgehead atoms. The van der Waals surface area contributed by atoms with Crippen LogP contribution in [0.25, 0.3) is 0 Å². The Morgan fingerprint density at radius 1 is 1.25 bits per heavy atom. The van der Waals surface area contributed by atoms with Crippen molar-refractivity contribution in [2.75, 3.05) is 0 Å². The molecule has 1 atom stereocenters. The molecule has 132 valence electrons. The monoisotopic (exact) mass is 394 g/mol. The van der Waals surface area contributed by atoms with Crippen molar-refractivity contribution in [2.45, 2.75) is 59.5 Å². The minimum absolute atomic E-state index is 0.219. The molecule has 1 amide bonds. The van der Waals surface area contributed by atoms with Gasteiger partial charge in [-0.2, -0.15) is 5.10 Å². The summed E-state index contributed by atoms with van der Waals surface area (Å²) in [4.78, 5) is 12.1. The first-order valence-electron chi connectivity index (χ1n) is 8.53. The lowest BCUT2D eigenvalue weighted by Gasteiger charge is -2.34. The van der Waals surface area contributed by atoms with E-state index < -0.39 is 6.10 Å². The van der Waals surface area contributed by atoms with E-state index in [2.05, 4.69) is 47.2 Å². The van der Waals surface area contributed by atoms with E-state index in [-0.39, 0.29) is 5.91 Å². The van der Waals surface area contributed by atoms with Gasteiger partial charge in [0.15, 0.2) is 6.10 Å². The van der Waals surface area contributed by atoms with E-state index in [1.54, 1.807) is 6.92 Å². The standard InChI is InChI=1S/C19H27BrN2O2/c1-13(24-17-11-7-15(20)8-12-17)18(23)22-21-16-9-5-14(6-10-16)19(2,3)4/h7-8,11-14H,5-6,9-10H2,1-4H3,(H,22,23)/t13-,14?/m1/s1. The minimum atomic E-state index is -0.582. The largest absolute Gasteiger partial charge is 0.481 e. The molecular formula is C19H27BrN2O2. The maximum atomic E-state index is 12.1. The van der Waals surface area contributed by atoms with Crippen LogP contribution in [0.15, 0.2) is 33.8 Å². The van der Waals surface area contributed by atoms with Gasteiger partial charge in [0.05, 0.1) is 0 Å². The molecule has 0 heterocycles. The molecule has 4 nitrogen and oxygen atoms in total. The van der Waals surface area contributed by atoms with Crippen LogP contribution in [0, 0.1) is 11.3 Å². The summed E-state index contributed by atoms with van der Waals surface area (Å²) in [5.74, 6) is 1.18. The highest BCUT2D eigenvalue weighted by molar-refractivity contribution is 9.10. The van der Waals surface area contributed by atoms with Crippen LogP contribution in [0.4, 0.5) is 0 Å². The normalized spacial score (nSPS) is 19.5. The van der Waals surface area contributed by atoms with E-state index in [4.69, 9.17) is 4.74 Å². The Kier molecular flexibility index (Phi) is 6.44. The maximum Gasteiger partial charge on any atom is 0.280 e. The van der Waals surface area contributed by atoms with E-state index in [0.29, 0.717) is 11.2 Å². The number of hydrogen-bond donors (Lipinski definition) is 1. The number of carbonyl (C=O) groups excluding carboxylic acids is 1. The number of hydrazone groups is 1. The number of nitrogens with one attached hydrogen (secondary N) is 1. The van der Waals surface area contributed by atoms with Crippen LogP contribution in [0.3, 0.4) is 0 Å². The van der Waals surface area contributed by atoms with E-state index in [1.165, 1.54) is 0 Å². The molecule has 0 aromatic heterocycles. The summed E-state index contributed by atoms with van der Waals surface area (Å²) in [6, 6.07) is 7.42. The number of hydrogen-bond acceptors (Lipinski definition) is 3. The zero-order valence-electron chi connectivity index (χ0n) is 14.9. The van der Waals surface area contributed by atoms with Crippen molar-refractivity contribution in [1.82, 2.24) is 5.43 Å². The lowest BCUT2D eigenvalue weighted by atomic mass is 9.72. The molecule has 5 heteroatoms. The highest BCUT2D eigenvalue weighted by Gasteiger charge is 2.28. The van der Waals surface area contributed by atoms with E-state index in [9.17, 15) is 4.79 Å². The highest BCUT2D eigenvalue weighted by Crippen LogP contribution is 2.36. The summed E-state index contributed by atoms with van der Waals surface area (Å²) in [5, 5.41) is 4.31. The fourth-order valence-corrected chi connectivity index (χ4v) is 3.19. The van der Waals surface area contributed by atoms with E-state index >= 15 is 0 Å². The zero-order chi connectivity index (χ0) is 17.7. The quantitative estimate of drug-likeness (QED) is 0.736. The summed E-state index contributed by atoms with van der Waals surface area (Å²) in [6.07, 6.45) is 3.63. The lowest BCUT2D eigenvalue weighted by Crippen LogP contribution is -2.34. The number of ether oxygens (including phenoxy) is 1. The average molecular weight is 395 g/mol. The van der Waals surface area contributed by atoms with E-state index in [1.807, 2.05) is 24.3 Å². The summed E-state index contributed by atoms with van der Waals surface area (Å²) in [7, 11) is 0. The molecular weight excluding hydrogens is 368 g/mol. The second-order valence-corrected chi connectivity index (χ2v) is 8.42. The van der Waals surface area contributed by atoms with Gasteiger partial charge in [0.2, 0.25) is 0 Å². The van der Waals surface area contributed by atoms with Gasteiger partial charge < -0.3 is 4.74 Å². The Labute approximate surface area is 153 Å². The summed E-state index contributed by atoms with van der Waals surface area (Å²) >= 11 is 3.37. The third-order valence-electron chi connectivity index (χ3n) is 4.61. The minimum Gasteiger partial charge on any atom is -0.481 e. The molecule has 2 rings (SSSR count). The molecule has 1 aromatic carbocycles. The van der Waals surface area contributed by atoms with Crippen molar-refractivity contribution in [2.24, 2.45) is 16.4 Å². The number of rotatable bonds is 4. The first kappa shape index (κ1) is 19.0. The molecule has 1 saturated carbocycles. The number of benzene rings is 1. The highest BCUT2D eigenvalue weighted by atomic mass is 79.9. The maximum absolute atomic E-state index is 12.1. The summed E-state index contributed by atoms with van der Waals surface area (Å²) < 4.78 is 6.61. The second kappa shape index (κ2) is 8.15. The van der Waals surface area contributed by atoms with Gasteiger partial charge in [-0.3, -0.25) is 4.79 Å². The zero-order valence-corrected chi connectivity index (χ0v) is 16.5. The number of nitrogens with zero attached hydrogens (tertiary/aromatic N) is 1. The van der Waals surface area contributed by atoms with Crippen molar-refractivity contribution in [3.05, 3.63) is 28.7 Å². The smallest absolute Gasteiger partial charge is 0.280 e. The molecule has 1 aliphatic carbocycles. The summed E-state index contributed by atoms with van der Waals surface area (Å²) in [6.45, 7) is 8.61. The number of halogens is 1. The van der Waals surface area contributed by atoms with Gasteiger partial charge >= 0.3 is 0 Å². The van der Waals surface area contributed by atoms with Crippen molar-refractivity contribution in [3.63, 3.8) is 0 Å². The van der Waals surface area contributed by atoms with Crippen LogP contribution in [-0.2, 0) is 4.79 Å². The van der Waals surface area contributed by atoms with Crippen molar-refractivity contribution >= 4 is 27.5 Å². The molecule has 0 unspecified atom stereocenters. The van der Waals surface area contributed by atoms with Crippen LogP contribution < -0.4 is 10.2 Å². The molecule has 1 aromatic rings. The van der Waals surface area contributed by atoms with Gasteiger partial charge in [-0.25, -0.2) is 5.43 Å². The first-order valence-corrected chi connectivity index (χ1v) is 9.32. The fourth-order valence-electron chi connectivity index (χ4n) is 2.92. The van der Waals surface area contributed by atoms with Crippen LogP contribution in [0.5, 0.6) is 5.75 Å². The van der Waals surface area contributed by atoms with Crippen LogP contribution >= 0.6 is 15.9 Å².